The Kier molecular flexibility index (Phi) is 8.25. The first-order chi connectivity index (χ1) is 17.7. The van der Waals surface area contributed by atoms with Gasteiger partial charge >= 0.3 is 0 Å². The Morgan fingerprint density at radius 1 is 1.14 bits per heavy atom. The molecule has 37 heavy (non-hydrogen) atoms. The molecular weight excluding hydrogens is 486 g/mol. The van der Waals surface area contributed by atoms with Crippen LogP contribution in [0, 0.1) is 6.92 Å². The Hall–Kier alpha value is -3.28. The number of nitrogens with one attached hydrogen (secondary N) is 1. The Labute approximate surface area is 214 Å². The highest BCUT2D eigenvalue weighted by Gasteiger charge is 2.32. The fraction of sp³-hybridized carbons (Fsp3) is 0.462. The number of halogens is 2. The summed E-state index contributed by atoms with van der Waals surface area (Å²) in [6.45, 7) is 4.71. The number of ether oxygens (including phenoxy) is 5. The highest BCUT2D eigenvalue weighted by molar-refractivity contribution is 5.92. The van der Waals surface area contributed by atoms with Crippen molar-refractivity contribution in [2.24, 2.45) is 0 Å². The van der Waals surface area contributed by atoms with Gasteiger partial charge in [-0.2, -0.15) is 8.78 Å². The standard InChI is InChI=1S/C26H32F2N4O5/c1-15(17-7-18(9-19(29)8-17)26(27,28)14-33-3)30-25-21-10-24(37-13-20-12-35-5-6-36-20)23(34-4)11-22(21)31-16(2)32-25/h7-11,15,20H,5-6,12-14,29H2,1-4H3,(H,30,31,32)/t15-,20?/m1/s1. The summed E-state index contributed by atoms with van der Waals surface area (Å²) in [6.07, 6.45) is -0.185. The maximum Gasteiger partial charge on any atom is 0.296 e. The number of hydrogen-bond donors (Lipinski definition) is 2. The van der Waals surface area contributed by atoms with Crippen molar-refractivity contribution < 1.29 is 32.5 Å². The third-order valence-electron chi connectivity index (χ3n) is 5.98. The lowest BCUT2D eigenvalue weighted by atomic mass is 10.00. The number of methoxy groups -OCH3 is 2. The molecule has 1 aliphatic heterocycles. The molecule has 2 aromatic carbocycles. The van der Waals surface area contributed by atoms with Crippen LogP contribution in [0.1, 0.15) is 29.9 Å². The maximum atomic E-state index is 14.5. The molecule has 0 bridgehead atoms. The van der Waals surface area contributed by atoms with Crippen LogP contribution in [0.25, 0.3) is 10.9 Å². The van der Waals surface area contributed by atoms with Crippen molar-refractivity contribution >= 4 is 22.4 Å². The lowest BCUT2D eigenvalue weighted by molar-refractivity contribution is -0.101. The summed E-state index contributed by atoms with van der Waals surface area (Å²) in [5.74, 6) is -1.11. The first-order valence-electron chi connectivity index (χ1n) is 11.9. The molecule has 2 heterocycles. The molecule has 0 saturated carbocycles. The van der Waals surface area contributed by atoms with Crippen LogP contribution < -0.4 is 20.5 Å². The molecule has 0 radical (unpaired) electrons. The van der Waals surface area contributed by atoms with Gasteiger partial charge in [-0.15, -0.1) is 0 Å². The summed E-state index contributed by atoms with van der Waals surface area (Å²) in [6, 6.07) is 7.51. The minimum Gasteiger partial charge on any atom is -0.493 e. The van der Waals surface area contributed by atoms with E-state index in [1.807, 2.05) is 6.92 Å². The van der Waals surface area contributed by atoms with Crippen molar-refractivity contribution in [2.45, 2.75) is 31.9 Å². The van der Waals surface area contributed by atoms with Crippen LogP contribution in [0.4, 0.5) is 20.3 Å². The van der Waals surface area contributed by atoms with Crippen LogP contribution in [0.3, 0.4) is 0 Å². The van der Waals surface area contributed by atoms with E-state index in [9.17, 15) is 8.78 Å². The molecule has 3 N–H and O–H groups in total. The summed E-state index contributed by atoms with van der Waals surface area (Å²) < 4.78 is 56.4. The number of nitrogens with two attached hydrogens (primary N) is 1. The predicted octanol–water partition coefficient (Wildman–Crippen LogP) is 4.23. The van der Waals surface area contributed by atoms with Gasteiger partial charge in [0.05, 0.1) is 38.5 Å². The van der Waals surface area contributed by atoms with Gasteiger partial charge in [-0.3, -0.25) is 0 Å². The van der Waals surface area contributed by atoms with Gasteiger partial charge in [0.15, 0.2) is 11.5 Å². The largest absolute Gasteiger partial charge is 0.493 e. The molecule has 11 heteroatoms. The first kappa shape index (κ1) is 26.8. The topological polar surface area (TPSA) is 110 Å². The van der Waals surface area contributed by atoms with E-state index in [4.69, 9.17) is 24.7 Å². The van der Waals surface area contributed by atoms with E-state index >= 15 is 0 Å². The van der Waals surface area contributed by atoms with Gasteiger partial charge < -0.3 is 34.7 Å². The highest BCUT2D eigenvalue weighted by atomic mass is 19.3. The molecule has 2 atom stereocenters. The van der Waals surface area contributed by atoms with Gasteiger partial charge in [0.2, 0.25) is 0 Å². The Balaban J connectivity index is 1.64. The maximum absolute atomic E-state index is 14.5. The van der Waals surface area contributed by atoms with E-state index in [2.05, 4.69) is 20.0 Å². The lowest BCUT2D eigenvalue weighted by Gasteiger charge is -2.24. The second kappa shape index (κ2) is 11.4. The molecule has 1 aromatic heterocycles. The zero-order valence-electron chi connectivity index (χ0n) is 21.3. The van der Waals surface area contributed by atoms with Crippen molar-refractivity contribution in [1.82, 2.24) is 9.97 Å². The third kappa shape index (κ3) is 6.35. The Morgan fingerprint density at radius 2 is 1.95 bits per heavy atom. The number of aryl methyl sites for hydroxylation is 1. The number of fused-ring (bicyclic) bond motifs is 1. The number of anilines is 2. The van der Waals surface area contributed by atoms with E-state index in [0.29, 0.717) is 59.4 Å². The average molecular weight is 519 g/mol. The van der Waals surface area contributed by atoms with E-state index in [1.165, 1.54) is 19.2 Å². The zero-order valence-corrected chi connectivity index (χ0v) is 21.3. The average Bonchev–Trinajstić information content (AvgIpc) is 2.87. The van der Waals surface area contributed by atoms with E-state index in [-0.39, 0.29) is 24.0 Å². The molecule has 0 aliphatic carbocycles. The molecule has 1 saturated heterocycles. The van der Waals surface area contributed by atoms with Gasteiger partial charge in [-0.1, -0.05) is 0 Å². The molecule has 1 fully saturated rings. The summed E-state index contributed by atoms with van der Waals surface area (Å²) in [4.78, 5) is 9.11. The molecule has 200 valence electrons. The van der Waals surface area contributed by atoms with Gasteiger partial charge in [0, 0.05) is 29.8 Å². The highest BCUT2D eigenvalue weighted by Crippen LogP contribution is 2.37. The van der Waals surface area contributed by atoms with Crippen LogP contribution in [-0.2, 0) is 20.1 Å². The van der Waals surface area contributed by atoms with E-state index in [0.717, 1.165) is 0 Å². The van der Waals surface area contributed by atoms with Crippen LogP contribution in [0.15, 0.2) is 30.3 Å². The fourth-order valence-electron chi connectivity index (χ4n) is 4.14. The van der Waals surface area contributed by atoms with Crippen molar-refractivity contribution in [3.05, 3.63) is 47.3 Å². The van der Waals surface area contributed by atoms with Crippen LogP contribution in [0.5, 0.6) is 11.5 Å². The molecule has 3 aromatic rings. The number of hydrogen-bond acceptors (Lipinski definition) is 9. The number of aromatic nitrogens is 2. The molecule has 1 aliphatic rings. The van der Waals surface area contributed by atoms with Crippen molar-refractivity contribution in [3.8, 4) is 11.5 Å². The van der Waals surface area contributed by atoms with Gasteiger partial charge in [0.1, 0.15) is 31.0 Å². The lowest BCUT2D eigenvalue weighted by Crippen LogP contribution is -2.33. The molecule has 0 spiro atoms. The summed E-state index contributed by atoms with van der Waals surface area (Å²) in [5, 5.41) is 4.01. The number of nitrogens with zero attached hydrogens (tertiary/aromatic N) is 2. The van der Waals surface area contributed by atoms with Crippen LogP contribution in [0.2, 0.25) is 0 Å². The van der Waals surface area contributed by atoms with Crippen molar-refractivity contribution in [2.75, 3.05) is 58.3 Å². The first-order valence-corrected chi connectivity index (χ1v) is 11.9. The van der Waals surface area contributed by atoms with Gasteiger partial charge in [-0.05, 0) is 43.7 Å². The SMILES string of the molecule is COCC(F)(F)c1cc(N)cc([C@@H](C)Nc2nc(C)nc3cc(OC)c(OCC4COCCO4)cc23)c1. The number of rotatable bonds is 10. The minimum atomic E-state index is -3.17. The second-order valence-corrected chi connectivity index (χ2v) is 8.91. The van der Waals surface area contributed by atoms with Gasteiger partial charge in [-0.25, -0.2) is 9.97 Å². The number of alkyl halides is 2. The fourth-order valence-corrected chi connectivity index (χ4v) is 4.14. The quantitative estimate of drug-likeness (QED) is 0.381. The Bertz CT molecular complexity index is 1240. The molecule has 9 nitrogen and oxygen atoms in total. The van der Waals surface area contributed by atoms with Crippen LogP contribution in [-0.4, -0.2) is 63.3 Å². The monoisotopic (exact) mass is 518 g/mol. The van der Waals surface area contributed by atoms with Gasteiger partial charge in [0.25, 0.3) is 5.92 Å². The third-order valence-corrected chi connectivity index (χ3v) is 5.98. The molecular formula is C26H32F2N4O5. The second-order valence-electron chi connectivity index (χ2n) is 8.91. The molecule has 0 amide bonds. The Morgan fingerprint density at radius 3 is 2.65 bits per heavy atom. The number of nitrogen functional groups attached to an aromatic ring is 1. The van der Waals surface area contributed by atoms with Crippen molar-refractivity contribution in [1.29, 1.82) is 0 Å². The zero-order chi connectivity index (χ0) is 26.6. The van der Waals surface area contributed by atoms with Crippen molar-refractivity contribution in [3.63, 3.8) is 0 Å². The summed E-state index contributed by atoms with van der Waals surface area (Å²) >= 11 is 0. The number of benzene rings is 2. The summed E-state index contributed by atoms with van der Waals surface area (Å²) in [7, 11) is 2.79. The molecule has 1 unspecified atom stereocenters. The minimum absolute atomic E-state index is 0.185. The summed E-state index contributed by atoms with van der Waals surface area (Å²) in [5.41, 5.74) is 7.21. The normalized spacial score (nSPS) is 17.0. The van der Waals surface area contributed by atoms with E-state index < -0.39 is 18.6 Å². The predicted molar refractivity (Wildman–Crippen MR) is 136 cm³/mol. The smallest absolute Gasteiger partial charge is 0.296 e. The molecule has 4 rings (SSSR count). The van der Waals surface area contributed by atoms with E-state index in [1.54, 1.807) is 32.2 Å². The van der Waals surface area contributed by atoms with Crippen LogP contribution >= 0.6 is 0 Å².